The van der Waals surface area contributed by atoms with Crippen molar-refractivity contribution in [1.82, 2.24) is 0 Å². The number of benzene rings is 3. The molecule has 3 aromatic carbocycles. The van der Waals surface area contributed by atoms with Crippen LogP contribution in [0.1, 0.15) is 41.5 Å². The summed E-state index contributed by atoms with van der Waals surface area (Å²) in [7, 11) is -3.72. The first-order valence-electron chi connectivity index (χ1n) is 13.5. The number of rotatable bonds is 8. The Kier molecular flexibility index (Phi) is 6.94. The molecule has 0 nitrogen and oxygen atoms in total. The lowest BCUT2D eigenvalue weighted by Crippen LogP contribution is -2.51. The van der Waals surface area contributed by atoms with E-state index in [9.17, 15) is 8.78 Å². The van der Waals surface area contributed by atoms with Gasteiger partial charge in [-0.15, -0.1) is 30.7 Å². The highest BCUT2D eigenvalue weighted by Gasteiger charge is 2.35. The summed E-state index contributed by atoms with van der Waals surface area (Å²) in [6, 6.07) is 19.7. The number of hydrogen-bond donors (Lipinski definition) is 0. The molecule has 0 fully saturated rings. The van der Waals surface area contributed by atoms with Gasteiger partial charge in [-0.2, -0.15) is 32.1 Å². The van der Waals surface area contributed by atoms with Crippen LogP contribution >= 0.6 is 22.7 Å². The maximum absolute atomic E-state index is 14.5. The van der Waals surface area contributed by atoms with Gasteiger partial charge in [0.15, 0.2) is 10.3 Å². The molecule has 0 saturated heterocycles. The lowest BCUT2D eigenvalue weighted by molar-refractivity contribution is 0.658. The van der Waals surface area contributed by atoms with Gasteiger partial charge in [-0.05, 0) is 73.9 Å². The third-order valence-electron chi connectivity index (χ3n) is 9.45. The fraction of sp³-hybridized carbons (Fsp3) is 0.400. The molecule has 0 spiro atoms. The Morgan fingerprint density at radius 2 is 1.03 bits per heavy atom. The van der Waals surface area contributed by atoms with Crippen molar-refractivity contribution in [3.05, 3.63) is 46.7 Å². The van der Waals surface area contributed by atoms with Crippen molar-refractivity contribution < 1.29 is 8.78 Å². The van der Waals surface area contributed by atoms with Crippen LogP contribution in [-0.4, -0.2) is 16.1 Å². The third kappa shape index (κ3) is 3.74. The highest BCUT2D eigenvalue weighted by molar-refractivity contribution is 7.18. The quantitative estimate of drug-likeness (QED) is 0.132. The SMILES string of the molecule is CC[Si](CC)(CC)c1c2cc3sc(F)cc3cc2c([Si-](CC)(CC)CC)c2cc3sc(F)cc3cc12. The van der Waals surface area contributed by atoms with Crippen molar-refractivity contribution in [2.24, 2.45) is 0 Å². The van der Waals surface area contributed by atoms with Crippen molar-refractivity contribution in [3.63, 3.8) is 0 Å². The molecule has 2 aromatic heterocycles. The van der Waals surface area contributed by atoms with Crippen LogP contribution in [0.2, 0.25) is 36.3 Å². The van der Waals surface area contributed by atoms with Crippen LogP contribution in [0, 0.1) is 10.3 Å². The predicted octanol–water partition coefficient (Wildman–Crippen LogP) is 10.1. The normalized spacial score (nSPS) is 13.1. The monoisotopic (exact) mass is 554 g/mol. The summed E-state index contributed by atoms with van der Waals surface area (Å²) in [6.07, 6.45) is 0. The van der Waals surface area contributed by atoms with Crippen LogP contribution in [-0.2, 0) is 0 Å². The lowest BCUT2D eigenvalue weighted by atomic mass is 10.0. The molecule has 0 saturated carbocycles. The summed E-state index contributed by atoms with van der Waals surface area (Å²) in [5, 5.41) is 10.3. The van der Waals surface area contributed by atoms with Crippen molar-refractivity contribution in [1.29, 1.82) is 0 Å². The molecule has 36 heavy (non-hydrogen) atoms. The van der Waals surface area contributed by atoms with Gasteiger partial charge in [0, 0.05) is 9.40 Å². The Labute approximate surface area is 223 Å². The molecule has 0 radical (unpaired) electrons. The summed E-state index contributed by atoms with van der Waals surface area (Å²) in [5.74, 6) is 0. The Bertz CT molecular complexity index is 1360. The van der Waals surface area contributed by atoms with E-state index in [-0.39, 0.29) is 10.3 Å². The van der Waals surface area contributed by atoms with Crippen molar-refractivity contribution >= 4 is 90.9 Å². The second kappa shape index (κ2) is 9.61. The van der Waals surface area contributed by atoms with E-state index in [1.165, 1.54) is 90.9 Å². The van der Waals surface area contributed by atoms with E-state index in [1.54, 1.807) is 12.1 Å². The van der Waals surface area contributed by atoms with Gasteiger partial charge < -0.3 is 0 Å². The van der Waals surface area contributed by atoms with Gasteiger partial charge in [0.1, 0.15) is 0 Å². The first-order valence-corrected chi connectivity index (χ1v) is 20.4. The number of fused-ring (bicyclic) bond motifs is 4. The molecule has 2 heterocycles. The molecule has 0 bridgehead atoms. The molecule has 0 atom stereocenters. The van der Waals surface area contributed by atoms with E-state index < -0.39 is 16.1 Å². The van der Waals surface area contributed by atoms with E-state index in [4.69, 9.17) is 0 Å². The molecule has 191 valence electrons. The number of hydrogen-bond acceptors (Lipinski definition) is 2. The molecular weight excluding hydrogens is 519 g/mol. The minimum atomic E-state index is -1.86. The van der Waals surface area contributed by atoms with Gasteiger partial charge in [-0.1, -0.05) is 59.7 Å². The highest BCUT2D eigenvalue weighted by atomic mass is 32.1. The average molecular weight is 555 g/mol. The Balaban J connectivity index is 2.14. The summed E-state index contributed by atoms with van der Waals surface area (Å²) in [4.78, 5) is 0. The van der Waals surface area contributed by atoms with Crippen LogP contribution in [0.3, 0.4) is 0 Å². The summed E-state index contributed by atoms with van der Waals surface area (Å²) < 4.78 is 31.1. The zero-order valence-corrected chi connectivity index (χ0v) is 25.9. The molecular formula is C30H36F2S2Si2-. The Hall–Kier alpha value is -1.61. The average Bonchev–Trinajstić information content (AvgIpc) is 3.44. The van der Waals surface area contributed by atoms with Crippen LogP contribution < -0.4 is 10.4 Å². The molecule has 0 aliphatic carbocycles. The first kappa shape index (κ1) is 26.0. The van der Waals surface area contributed by atoms with Gasteiger partial charge >= 0.3 is 0 Å². The second-order valence-corrected chi connectivity index (χ2v) is 22.8. The number of thiophene rings is 2. The van der Waals surface area contributed by atoms with Gasteiger partial charge in [0.25, 0.3) is 0 Å². The molecule has 5 aromatic rings. The Morgan fingerprint density at radius 1 is 0.611 bits per heavy atom. The molecule has 5 rings (SSSR count). The minimum Gasteiger partial charge on any atom is -0.195 e. The molecule has 6 heteroatoms. The zero-order chi connectivity index (χ0) is 25.8. The second-order valence-electron chi connectivity index (χ2n) is 10.4. The fourth-order valence-corrected chi connectivity index (χ4v) is 16.8. The maximum Gasteiger partial charge on any atom is 0.177 e. The highest BCUT2D eigenvalue weighted by Crippen LogP contribution is 2.39. The van der Waals surface area contributed by atoms with Gasteiger partial charge in [-0.3, -0.25) is 0 Å². The molecule has 0 aliphatic heterocycles. The molecule has 0 N–H and O–H groups in total. The molecule has 0 unspecified atom stereocenters. The zero-order valence-electron chi connectivity index (χ0n) is 22.3. The van der Waals surface area contributed by atoms with Gasteiger partial charge in [0.2, 0.25) is 0 Å². The van der Waals surface area contributed by atoms with Crippen LogP contribution in [0.5, 0.6) is 0 Å². The van der Waals surface area contributed by atoms with E-state index >= 15 is 0 Å². The first-order chi connectivity index (χ1) is 17.3. The van der Waals surface area contributed by atoms with Gasteiger partial charge in [0.05, 0.1) is 8.07 Å². The predicted molar refractivity (Wildman–Crippen MR) is 166 cm³/mol. The van der Waals surface area contributed by atoms with E-state index in [1.807, 2.05) is 0 Å². The van der Waals surface area contributed by atoms with Gasteiger partial charge in [-0.25, -0.2) is 0 Å². The van der Waals surface area contributed by atoms with Crippen molar-refractivity contribution in [2.75, 3.05) is 0 Å². The minimum absolute atomic E-state index is 0.112. The van der Waals surface area contributed by atoms with Crippen LogP contribution in [0.15, 0.2) is 36.4 Å². The summed E-state index contributed by atoms with van der Waals surface area (Å²) in [5.41, 5.74) is 0. The fourth-order valence-electron chi connectivity index (χ4n) is 6.93. The maximum atomic E-state index is 14.5. The third-order valence-corrected chi connectivity index (χ3v) is 22.5. The van der Waals surface area contributed by atoms with Crippen LogP contribution in [0.25, 0.3) is 41.7 Å². The molecule has 0 amide bonds. The summed E-state index contributed by atoms with van der Waals surface area (Å²) >= 11 is 2.53. The Morgan fingerprint density at radius 3 is 1.50 bits per heavy atom. The molecule has 0 aliphatic rings. The lowest BCUT2D eigenvalue weighted by Gasteiger charge is -2.45. The van der Waals surface area contributed by atoms with E-state index in [2.05, 4.69) is 65.8 Å². The largest absolute Gasteiger partial charge is 0.195 e. The van der Waals surface area contributed by atoms with Crippen LogP contribution in [0.4, 0.5) is 8.78 Å². The van der Waals surface area contributed by atoms with E-state index in [0.29, 0.717) is 0 Å². The summed E-state index contributed by atoms with van der Waals surface area (Å²) in [6.45, 7) is 14.2. The van der Waals surface area contributed by atoms with Crippen molar-refractivity contribution in [2.45, 2.75) is 77.8 Å². The van der Waals surface area contributed by atoms with Crippen molar-refractivity contribution in [3.8, 4) is 0 Å². The van der Waals surface area contributed by atoms with E-state index in [0.717, 1.165) is 20.2 Å². The number of halogens is 2. The smallest absolute Gasteiger partial charge is 0.177 e. The standard InChI is InChI=1S/C30H36F2S2Si2/c1-7-35(8-2,9-3)29-21-13-19-15-27(31)34-26(19)18-24(21)30(36(10-4,11-5)12-6)22-14-20-16-28(32)33-25(20)17-23(22)29/h13-18H,7-12H2,1-6H3/q-1. The topological polar surface area (TPSA) is 0 Å².